The second-order valence-corrected chi connectivity index (χ2v) is 3.73. The van der Waals surface area contributed by atoms with E-state index in [0.29, 0.717) is 11.3 Å². The molecular weight excluding hydrogens is 184 g/mol. The number of nitrogens with zero attached hydrogens (tertiary/aromatic N) is 1. The first-order valence-corrected chi connectivity index (χ1v) is 4.73. The minimum Gasteiger partial charge on any atom is -0.305 e. The van der Waals surface area contributed by atoms with Crippen LogP contribution in [-0.2, 0) is 0 Å². The summed E-state index contributed by atoms with van der Waals surface area (Å²) < 4.78 is 0. The van der Waals surface area contributed by atoms with Crippen molar-refractivity contribution in [1.82, 2.24) is 0 Å². The number of benzene rings is 1. The third-order valence-corrected chi connectivity index (χ3v) is 2.35. The molecular formula is C13H14N2. The van der Waals surface area contributed by atoms with Gasteiger partial charge in [-0.25, -0.2) is 0 Å². The minimum atomic E-state index is 0.501. The number of rotatable bonds is 2. The van der Waals surface area contributed by atoms with Gasteiger partial charge < -0.3 is 5.41 Å². The quantitative estimate of drug-likeness (QED) is 0.728. The fourth-order valence-electron chi connectivity index (χ4n) is 1.49. The monoisotopic (exact) mass is 198 g/mol. The standard InChI is InChI=1S/C13H14N2/c1-8(2)12-6-11(7-14)9(3)5-13(12)10(4)15/h5-6,15H,1H2,2-4H3. The summed E-state index contributed by atoms with van der Waals surface area (Å²) in [6, 6.07) is 5.84. The van der Waals surface area contributed by atoms with E-state index in [-0.39, 0.29) is 0 Å². The Balaban J connectivity index is 3.54. The lowest BCUT2D eigenvalue weighted by Crippen LogP contribution is -2.00. The van der Waals surface area contributed by atoms with Crippen LogP contribution in [0.3, 0.4) is 0 Å². The van der Waals surface area contributed by atoms with E-state index in [1.54, 1.807) is 6.92 Å². The first-order valence-electron chi connectivity index (χ1n) is 4.73. The molecule has 1 rings (SSSR count). The molecule has 1 aromatic rings. The van der Waals surface area contributed by atoms with Crippen molar-refractivity contribution in [1.29, 1.82) is 10.7 Å². The highest BCUT2D eigenvalue weighted by Gasteiger charge is 2.09. The highest BCUT2D eigenvalue weighted by atomic mass is 14.4. The van der Waals surface area contributed by atoms with Gasteiger partial charge in [0.1, 0.15) is 0 Å². The Morgan fingerprint density at radius 1 is 1.33 bits per heavy atom. The summed E-state index contributed by atoms with van der Waals surface area (Å²) in [5.74, 6) is 0. The molecule has 0 fully saturated rings. The van der Waals surface area contributed by atoms with Gasteiger partial charge in [0.15, 0.2) is 0 Å². The van der Waals surface area contributed by atoms with Crippen LogP contribution < -0.4 is 0 Å². The highest BCUT2D eigenvalue weighted by Crippen LogP contribution is 2.22. The fraction of sp³-hybridized carbons (Fsp3) is 0.231. The molecule has 0 saturated carbocycles. The average Bonchev–Trinajstić information content (AvgIpc) is 2.16. The maximum Gasteiger partial charge on any atom is 0.0994 e. The smallest absolute Gasteiger partial charge is 0.0994 e. The van der Waals surface area contributed by atoms with E-state index in [9.17, 15) is 0 Å². The molecule has 0 heterocycles. The first-order chi connectivity index (χ1) is 6.97. The normalized spacial score (nSPS) is 9.47. The van der Waals surface area contributed by atoms with E-state index in [1.807, 2.05) is 26.0 Å². The molecule has 1 aromatic carbocycles. The molecule has 0 bridgehead atoms. The van der Waals surface area contributed by atoms with Crippen LogP contribution in [0.25, 0.3) is 5.57 Å². The van der Waals surface area contributed by atoms with Gasteiger partial charge in [-0.05, 0) is 44.0 Å². The van der Waals surface area contributed by atoms with Crippen molar-refractivity contribution < 1.29 is 0 Å². The lowest BCUT2D eigenvalue weighted by molar-refractivity contribution is 1.35. The van der Waals surface area contributed by atoms with Gasteiger partial charge in [-0.3, -0.25) is 0 Å². The van der Waals surface area contributed by atoms with Crippen molar-refractivity contribution in [3.05, 3.63) is 41.0 Å². The van der Waals surface area contributed by atoms with Gasteiger partial charge in [-0.1, -0.05) is 12.2 Å². The van der Waals surface area contributed by atoms with Gasteiger partial charge in [-0.2, -0.15) is 5.26 Å². The van der Waals surface area contributed by atoms with Crippen LogP contribution >= 0.6 is 0 Å². The Labute approximate surface area is 90.4 Å². The number of hydrogen-bond donors (Lipinski definition) is 1. The van der Waals surface area contributed by atoms with E-state index in [1.165, 1.54) is 0 Å². The second-order valence-electron chi connectivity index (χ2n) is 3.73. The zero-order valence-electron chi connectivity index (χ0n) is 9.31. The van der Waals surface area contributed by atoms with Crippen LogP contribution in [0.5, 0.6) is 0 Å². The van der Waals surface area contributed by atoms with Gasteiger partial charge in [0.05, 0.1) is 11.6 Å². The van der Waals surface area contributed by atoms with E-state index in [4.69, 9.17) is 10.7 Å². The van der Waals surface area contributed by atoms with Crippen LogP contribution in [0.1, 0.15) is 36.1 Å². The number of hydrogen-bond acceptors (Lipinski definition) is 2. The molecule has 0 unspecified atom stereocenters. The summed E-state index contributed by atoms with van der Waals surface area (Å²) in [6.07, 6.45) is 0. The summed E-state index contributed by atoms with van der Waals surface area (Å²) in [6.45, 7) is 9.38. The molecule has 1 N–H and O–H groups in total. The average molecular weight is 198 g/mol. The van der Waals surface area contributed by atoms with E-state index in [2.05, 4.69) is 12.6 Å². The van der Waals surface area contributed by atoms with Gasteiger partial charge in [-0.15, -0.1) is 0 Å². The number of aryl methyl sites for hydroxylation is 1. The molecule has 0 amide bonds. The largest absolute Gasteiger partial charge is 0.305 e. The van der Waals surface area contributed by atoms with Crippen molar-refractivity contribution in [2.45, 2.75) is 20.8 Å². The van der Waals surface area contributed by atoms with Crippen molar-refractivity contribution >= 4 is 11.3 Å². The van der Waals surface area contributed by atoms with Crippen LogP contribution in [-0.4, -0.2) is 5.71 Å². The second kappa shape index (κ2) is 4.10. The SMILES string of the molecule is C=C(C)c1cc(C#N)c(C)cc1C(C)=N. The predicted octanol–water partition coefficient (Wildman–Crippen LogP) is 3.29. The molecule has 2 heteroatoms. The van der Waals surface area contributed by atoms with Gasteiger partial charge in [0.2, 0.25) is 0 Å². The molecule has 0 saturated heterocycles. The number of nitrogens with one attached hydrogen (secondary N) is 1. The Bertz CT molecular complexity index is 476. The highest BCUT2D eigenvalue weighted by molar-refractivity contribution is 6.01. The molecule has 0 aromatic heterocycles. The number of nitriles is 1. The Morgan fingerprint density at radius 3 is 2.33 bits per heavy atom. The molecule has 76 valence electrons. The van der Waals surface area contributed by atoms with Crippen LogP contribution in [0.15, 0.2) is 18.7 Å². The van der Waals surface area contributed by atoms with E-state index < -0.39 is 0 Å². The fourth-order valence-corrected chi connectivity index (χ4v) is 1.49. The van der Waals surface area contributed by atoms with Crippen molar-refractivity contribution in [3.8, 4) is 6.07 Å². The van der Waals surface area contributed by atoms with Crippen molar-refractivity contribution in [2.75, 3.05) is 0 Å². The van der Waals surface area contributed by atoms with E-state index >= 15 is 0 Å². The molecule has 15 heavy (non-hydrogen) atoms. The van der Waals surface area contributed by atoms with E-state index in [0.717, 1.165) is 22.3 Å². The minimum absolute atomic E-state index is 0.501. The van der Waals surface area contributed by atoms with Gasteiger partial charge in [0, 0.05) is 11.3 Å². The van der Waals surface area contributed by atoms with Crippen LogP contribution in [0.2, 0.25) is 0 Å². The summed E-state index contributed by atoms with van der Waals surface area (Å²) in [4.78, 5) is 0. The van der Waals surface area contributed by atoms with Gasteiger partial charge >= 0.3 is 0 Å². The maximum absolute atomic E-state index is 8.92. The molecule has 2 nitrogen and oxygen atoms in total. The molecule has 0 aliphatic rings. The summed E-state index contributed by atoms with van der Waals surface area (Å²) >= 11 is 0. The lowest BCUT2D eigenvalue weighted by atomic mass is 9.94. The van der Waals surface area contributed by atoms with Gasteiger partial charge in [0.25, 0.3) is 0 Å². The Hall–Kier alpha value is -1.88. The molecule has 0 radical (unpaired) electrons. The van der Waals surface area contributed by atoms with Crippen molar-refractivity contribution in [3.63, 3.8) is 0 Å². The lowest BCUT2D eigenvalue weighted by Gasteiger charge is -2.10. The first kappa shape index (κ1) is 11.2. The maximum atomic E-state index is 8.92. The summed E-state index contributed by atoms with van der Waals surface area (Å²) in [5.41, 5.74) is 4.69. The summed E-state index contributed by atoms with van der Waals surface area (Å²) in [5, 5.41) is 16.6. The third kappa shape index (κ3) is 2.13. The Morgan fingerprint density at radius 2 is 1.93 bits per heavy atom. The molecule has 0 aliphatic carbocycles. The number of allylic oxidation sites excluding steroid dienone is 1. The molecule has 0 atom stereocenters. The third-order valence-electron chi connectivity index (χ3n) is 2.35. The Kier molecular flexibility index (Phi) is 3.06. The zero-order chi connectivity index (χ0) is 11.6. The predicted molar refractivity (Wildman–Crippen MR) is 63.1 cm³/mol. The summed E-state index contributed by atoms with van der Waals surface area (Å²) in [7, 11) is 0. The zero-order valence-corrected chi connectivity index (χ0v) is 9.31. The van der Waals surface area contributed by atoms with Crippen LogP contribution in [0.4, 0.5) is 0 Å². The van der Waals surface area contributed by atoms with Crippen LogP contribution in [0, 0.1) is 23.7 Å². The molecule has 0 spiro atoms. The topological polar surface area (TPSA) is 47.6 Å². The van der Waals surface area contributed by atoms with Crippen molar-refractivity contribution in [2.24, 2.45) is 0 Å². The molecule has 0 aliphatic heterocycles.